The van der Waals surface area contributed by atoms with Crippen LogP contribution in [0.3, 0.4) is 0 Å². The van der Waals surface area contributed by atoms with Crippen LogP contribution in [0.1, 0.15) is 53.4 Å². The molecule has 4 nitrogen and oxygen atoms in total. The van der Waals surface area contributed by atoms with Gasteiger partial charge in [-0.15, -0.1) is 0 Å². The van der Waals surface area contributed by atoms with E-state index in [2.05, 4.69) is 4.90 Å². The second-order valence-electron chi connectivity index (χ2n) is 9.56. The highest BCUT2D eigenvalue weighted by Gasteiger charge is 2.35. The molecule has 0 bridgehead atoms. The van der Waals surface area contributed by atoms with Crippen LogP contribution in [0, 0.1) is 0 Å². The molecule has 0 saturated carbocycles. The molecule has 5 rings (SSSR count). The minimum absolute atomic E-state index is 0.109. The third-order valence-electron chi connectivity index (χ3n) is 7.18. The van der Waals surface area contributed by atoms with Gasteiger partial charge in [-0.25, -0.2) is 0 Å². The number of benzene rings is 3. The van der Waals surface area contributed by atoms with E-state index in [1.165, 1.54) is 31.4 Å². The summed E-state index contributed by atoms with van der Waals surface area (Å²) in [5.41, 5.74) is 2.01. The Balaban J connectivity index is 1.37. The van der Waals surface area contributed by atoms with Crippen LogP contribution in [-0.2, 0) is 6.18 Å². The van der Waals surface area contributed by atoms with Crippen molar-refractivity contribution in [1.29, 1.82) is 0 Å². The van der Waals surface area contributed by atoms with Gasteiger partial charge in [-0.3, -0.25) is 4.90 Å². The molecule has 1 fully saturated rings. The number of alkyl halides is 3. The van der Waals surface area contributed by atoms with Gasteiger partial charge in [0.05, 0.1) is 12.2 Å². The average Bonchev–Trinajstić information content (AvgIpc) is 2.89. The molecule has 2 unspecified atom stereocenters. The third-order valence-corrected chi connectivity index (χ3v) is 7.18. The molecular formula is C29H30F3NO3. The van der Waals surface area contributed by atoms with Gasteiger partial charge in [0, 0.05) is 30.0 Å². The molecule has 2 atom stereocenters. The summed E-state index contributed by atoms with van der Waals surface area (Å²) in [6.45, 7) is 4.10. The average molecular weight is 498 g/mol. The molecule has 190 valence electrons. The summed E-state index contributed by atoms with van der Waals surface area (Å²) < 4.78 is 51.3. The predicted octanol–water partition coefficient (Wildman–Crippen LogP) is 6.58. The van der Waals surface area contributed by atoms with Gasteiger partial charge in [0.2, 0.25) is 0 Å². The summed E-state index contributed by atoms with van der Waals surface area (Å²) >= 11 is 0. The van der Waals surface area contributed by atoms with Crippen LogP contribution in [0.15, 0.2) is 66.7 Å². The van der Waals surface area contributed by atoms with Gasteiger partial charge in [0.1, 0.15) is 23.9 Å². The lowest BCUT2D eigenvalue weighted by Crippen LogP contribution is -2.33. The molecule has 0 aromatic heterocycles. The first-order chi connectivity index (χ1) is 17.4. The number of fused-ring (bicyclic) bond motifs is 1. The minimum atomic E-state index is -4.38. The number of nitrogens with zero attached hydrogens (tertiary/aromatic N) is 1. The molecule has 36 heavy (non-hydrogen) atoms. The lowest BCUT2D eigenvalue weighted by molar-refractivity contribution is -0.137. The van der Waals surface area contributed by atoms with Crippen LogP contribution >= 0.6 is 0 Å². The molecule has 2 heterocycles. The maximum Gasteiger partial charge on any atom is 0.416 e. The molecule has 0 spiro atoms. The number of ether oxygens (including phenoxy) is 2. The highest BCUT2D eigenvalue weighted by Crippen LogP contribution is 2.47. The van der Waals surface area contributed by atoms with Crippen molar-refractivity contribution in [1.82, 2.24) is 4.90 Å². The largest absolute Gasteiger partial charge is 0.508 e. The fourth-order valence-electron chi connectivity index (χ4n) is 5.26. The number of rotatable bonds is 6. The quantitative estimate of drug-likeness (QED) is 0.418. The summed E-state index contributed by atoms with van der Waals surface area (Å²) in [5.74, 6) is 1.16. The van der Waals surface area contributed by atoms with Crippen LogP contribution < -0.4 is 9.47 Å². The summed E-state index contributed by atoms with van der Waals surface area (Å²) in [5, 5.41) is 9.94. The molecule has 2 aliphatic heterocycles. The number of hydrogen-bond donors (Lipinski definition) is 1. The Morgan fingerprint density at radius 2 is 1.58 bits per heavy atom. The molecule has 1 saturated heterocycles. The number of likely N-dealkylation sites (tertiary alicyclic amines) is 1. The highest BCUT2D eigenvalue weighted by molar-refractivity contribution is 5.51. The Morgan fingerprint density at radius 3 is 2.28 bits per heavy atom. The maximum absolute atomic E-state index is 13.1. The van der Waals surface area contributed by atoms with Crippen molar-refractivity contribution in [2.24, 2.45) is 0 Å². The number of halogens is 3. The zero-order valence-electron chi connectivity index (χ0n) is 20.0. The van der Waals surface area contributed by atoms with Gasteiger partial charge >= 0.3 is 6.18 Å². The Morgan fingerprint density at radius 1 is 0.889 bits per heavy atom. The second-order valence-corrected chi connectivity index (χ2v) is 9.56. The van der Waals surface area contributed by atoms with E-state index in [4.69, 9.17) is 9.47 Å². The fourth-order valence-corrected chi connectivity index (χ4v) is 5.26. The Bertz CT molecular complexity index is 1160. The summed E-state index contributed by atoms with van der Waals surface area (Å²) in [6, 6.07) is 18.3. The first-order valence-electron chi connectivity index (χ1n) is 12.5. The Hall–Kier alpha value is -3.19. The second kappa shape index (κ2) is 10.4. The zero-order valence-corrected chi connectivity index (χ0v) is 20.0. The first kappa shape index (κ1) is 24.5. The summed E-state index contributed by atoms with van der Waals surface area (Å²) in [6.07, 6.45) is -0.575. The fraction of sp³-hybridized carbons (Fsp3) is 0.379. The molecule has 3 aromatic carbocycles. The SMILES string of the molecule is Oc1ccc2c(c1)OCC(c1ccc(C(F)(F)F)cc1)C2c1ccc(OCCN2CCCCC2)cc1. The number of piperidine rings is 1. The molecule has 0 aliphatic carbocycles. The van der Waals surface area contributed by atoms with Crippen LogP contribution in [0.2, 0.25) is 0 Å². The van der Waals surface area contributed by atoms with Crippen LogP contribution in [0.4, 0.5) is 13.2 Å². The van der Waals surface area contributed by atoms with E-state index >= 15 is 0 Å². The lowest BCUT2D eigenvalue weighted by Gasteiger charge is -2.34. The number of phenolic OH excluding ortho intramolecular Hbond substituents is 1. The van der Waals surface area contributed by atoms with Gasteiger partial charge in [-0.2, -0.15) is 13.2 Å². The van der Waals surface area contributed by atoms with E-state index in [9.17, 15) is 18.3 Å². The van der Waals surface area contributed by atoms with E-state index in [1.54, 1.807) is 12.1 Å². The first-order valence-corrected chi connectivity index (χ1v) is 12.5. The summed E-state index contributed by atoms with van der Waals surface area (Å²) in [4.78, 5) is 2.43. The minimum Gasteiger partial charge on any atom is -0.508 e. The predicted molar refractivity (Wildman–Crippen MR) is 132 cm³/mol. The highest BCUT2D eigenvalue weighted by atomic mass is 19.4. The van der Waals surface area contributed by atoms with E-state index in [0.717, 1.165) is 54.2 Å². The van der Waals surface area contributed by atoms with Crippen molar-refractivity contribution in [2.45, 2.75) is 37.3 Å². The Kier molecular flexibility index (Phi) is 7.10. The molecule has 1 N–H and O–H groups in total. The zero-order chi connectivity index (χ0) is 25.1. The van der Waals surface area contributed by atoms with E-state index in [-0.39, 0.29) is 17.6 Å². The number of aromatic hydroxyl groups is 1. The molecule has 3 aromatic rings. The van der Waals surface area contributed by atoms with Crippen molar-refractivity contribution in [3.63, 3.8) is 0 Å². The van der Waals surface area contributed by atoms with Crippen molar-refractivity contribution >= 4 is 0 Å². The monoisotopic (exact) mass is 497 g/mol. The molecular weight excluding hydrogens is 467 g/mol. The smallest absolute Gasteiger partial charge is 0.416 e. The topological polar surface area (TPSA) is 41.9 Å². The summed E-state index contributed by atoms with van der Waals surface area (Å²) in [7, 11) is 0. The van der Waals surface area contributed by atoms with Crippen LogP contribution in [0.5, 0.6) is 17.2 Å². The van der Waals surface area contributed by atoms with Crippen LogP contribution in [0.25, 0.3) is 0 Å². The van der Waals surface area contributed by atoms with Gasteiger partial charge < -0.3 is 14.6 Å². The van der Waals surface area contributed by atoms with Crippen molar-refractivity contribution in [3.05, 3.63) is 89.0 Å². The van der Waals surface area contributed by atoms with Gasteiger partial charge in [0.25, 0.3) is 0 Å². The van der Waals surface area contributed by atoms with Crippen molar-refractivity contribution in [2.75, 3.05) is 32.8 Å². The third kappa shape index (κ3) is 5.46. The standard InChI is InChI=1S/C29H30F3NO3/c30-29(31,32)22-8-4-20(5-9-22)26-19-36-27-18-23(34)10-13-25(27)28(26)21-6-11-24(12-7-21)35-17-16-33-14-2-1-3-15-33/h4-13,18,26,28,34H,1-3,14-17,19H2. The van der Waals surface area contributed by atoms with Crippen molar-refractivity contribution < 1.29 is 27.8 Å². The van der Waals surface area contributed by atoms with Gasteiger partial charge in [-0.1, -0.05) is 36.8 Å². The molecule has 0 radical (unpaired) electrons. The van der Waals surface area contributed by atoms with Gasteiger partial charge in [-0.05, 0) is 67.4 Å². The van der Waals surface area contributed by atoms with E-state index < -0.39 is 11.7 Å². The Labute approximate surface area is 209 Å². The molecule has 2 aliphatic rings. The number of phenols is 1. The lowest BCUT2D eigenvalue weighted by atomic mass is 9.75. The molecule has 0 amide bonds. The molecule has 7 heteroatoms. The van der Waals surface area contributed by atoms with Crippen molar-refractivity contribution in [3.8, 4) is 17.2 Å². The van der Waals surface area contributed by atoms with Crippen LogP contribution in [-0.4, -0.2) is 42.9 Å². The van der Waals surface area contributed by atoms with E-state index in [0.29, 0.717) is 19.0 Å². The van der Waals surface area contributed by atoms with Gasteiger partial charge in [0.15, 0.2) is 0 Å². The van der Waals surface area contributed by atoms with E-state index in [1.807, 2.05) is 30.3 Å². The normalized spacial score (nSPS) is 20.4. The number of hydrogen-bond acceptors (Lipinski definition) is 4. The maximum atomic E-state index is 13.1.